The van der Waals surface area contributed by atoms with Gasteiger partial charge in [0.05, 0.1) is 50.3 Å². The van der Waals surface area contributed by atoms with Gasteiger partial charge in [-0.15, -0.1) is 0 Å². The minimum Gasteiger partial charge on any atom is -0.493 e. The number of aliphatic hydroxyl groups excluding tert-OH is 1. The molecule has 1 aliphatic heterocycles. The van der Waals surface area contributed by atoms with Crippen LogP contribution in [0.25, 0.3) is 11.3 Å². The Balaban J connectivity index is 2.09. The molecule has 0 unspecified atom stereocenters. The molecule has 4 rings (SSSR count). The van der Waals surface area contributed by atoms with Crippen molar-refractivity contribution in [2.75, 3.05) is 27.9 Å². The van der Waals surface area contributed by atoms with Crippen LogP contribution in [-0.2, 0) is 0 Å². The Labute approximate surface area is 186 Å². The minimum atomic E-state index is -0.360. The Hall–Kier alpha value is -2.64. The van der Waals surface area contributed by atoms with Crippen LogP contribution < -0.4 is 34.7 Å². The number of fused-ring (bicyclic) bond motifs is 2. The normalized spacial score (nSPS) is 19.8. The number of rotatable bonds is 6. The highest BCUT2D eigenvalue weighted by Crippen LogP contribution is 2.36. The molecule has 166 valence electrons. The average Bonchev–Trinajstić information content (AvgIpc) is 2.78. The van der Waals surface area contributed by atoms with Gasteiger partial charge in [0.15, 0.2) is 11.5 Å². The summed E-state index contributed by atoms with van der Waals surface area (Å²) in [5.74, 6) is 2.03. The lowest BCUT2D eigenvalue weighted by molar-refractivity contribution is 0.152. The second-order valence-corrected chi connectivity index (χ2v) is 7.95. The molecule has 31 heavy (non-hydrogen) atoms. The molecule has 7 nitrogen and oxygen atoms in total. The van der Waals surface area contributed by atoms with Gasteiger partial charge in [-0.25, -0.2) is 0 Å². The van der Waals surface area contributed by atoms with Gasteiger partial charge in [-0.3, -0.25) is 0 Å². The number of methoxy groups -OCH3 is 3. The molecule has 0 amide bonds. The van der Waals surface area contributed by atoms with Crippen molar-refractivity contribution in [3.05, 3.63) is 39.2 Å². The molecule has 2 N–H and O–H groups in total. The third-order valence-electron chi connectivity index (χ3n) is 5.77. The van der Waals surface area contributed by atoms with Crippen LogP contribution in [0.15, 0.2) is 18.2 Å². The second-order valence-electron chi connectivity index (χ2n) is 7.54. The van der Waals surface area contributed by atoms with Crippen LogP contribution in [-0.4, -0.2) is 50.2 Å². The lowest BCUT2D eigenvalue weighted by atomic mass is 9.83. The number of aliphatic hydroxyl groups is 1. The molecule has 1 aromatic heterocycles. The average molecular weight is 447 g/mol. The van der Waals surface area contributed by atoms with Gasteiger partial charge in [0.25, 0.3) is 0 Å². The number of benzene rings is 1. The number of hydrogen-bond acceptors (Lipinski definition) is 7. The van der Waals surface area contributed by atoms with Crippen LogP contribution in [0.3, 0.4) is 0 Å². The van der Waals surface area contributed by atoms with Crippen molar-refractivity contribution in [1.82, 2.24) is 10.3 Å². The molecule has 2 aliphatic rings. The maximum Gasteiger partial charge on any atom is 0.227 e. The zero-order chi connectivity index (χ0) is 22.1. The summed E-state index contributed by atoms with van der Waals surface area (Å²) in [7, 11) is 4.70. The van der Waals surface area contributed by atoms with Gasteiger partial charge in [0.1, 0.15) is 0 Å². The lowest BCUT2D eigenvalue weighted by Gasteiger charge is -2.34. The quantitative estimate of drug-likeness (QED) is 0.702. The monoisotopic (exact) mass is 446 g/mol. The van der Waals surface area contributed by atoms with Crippen molar-refractivity contribution >= 4 is 22.9 Å². The van der Waals surface area contributed by atoms with Crippen LogP contribution in [0, 0.1) is 0 Å². The number of nitrogens with one attached hydrogen (secondary N) is 1. The van der Waals surface area contributed by atoms with E-state index < -0.39 is 0 Å². The summed E-state index contributed by atoms with van der Waals surface area (Å²) in [6.07, 6.45) is 1.77. The summed E-state index contributed by atoms with van der Waals surface area (Å²) < 4.78 is 22.3. The number of nitrogens with zero attached hydrogens (tertiary/aromatic N) is 1. The highest BCUT2D eigenvalue weighted by molar-refractivity contribution is 6.32. The molecule has 2 aromatic rings. The first-order chi connectivity index (χ1) is 15.0. The van der Waals surface area contributed by atoms with Crippen LogP contribution in [0.1, 0.15) is 31.7 Å². The molecule has 1 fully saturated rings. The zero-order valence-electron chi connectivity index (χ0n) is 18.1. The smallest absolute Gasteiger partial charge is 0.227 e. The molecule has 1 aliphatic carbocycles. The SMILES string of the molecule is CCOc1cc2c(cc1OC)=C(c1c(Cl)cc(OC)nc1OC)N[C@@H]1CC[C@@H](O)CC=21. The summed E-state index contributed by atoms with van der Waals surface area (Å²) >= 11 is 6.68. The van der Waals surface area contributed by atoms with Gasteiger partial charge < -0.3 is 29.4 Å². The van der Waals surface area contributed by atoms with Crippen LogP contribution in [0.2, 0.25) is 5.02 Å². The van der Waals surface area contributed by atoms with E-state index in [1.165, 1.54) is 7.11 Å². The van der Waals surface area contributed by atoms with E-state index in [0.29, 0.717) is 46.9 Å². The Morgan fingerprint density at radius 3 is 2.52 bits per heavy atom. The lowest BCUT2D eigenvalue weighted by Crippen LogP contribution is -2.49. The molecular weight excluding hydrogens is 420 g/mol. The highest BCUT2D eigenvalue weighted by Gasteiger charge is 2.31. The van der Waals surface area contributed by atoms with E-state index in [2.05, 4.69) is 10.3 Å². The van der Waals surface area contributed by atoms with Crippen LogP contribution in [0.5, 0.6) is 23.3 Å². The largest absolute Gasteiger partial charge is 0.493 e. The maximum atomic E-state index is 10.3. The maximum absolute atomic E-state index is 10.3. The molecule has 0 bridgehead atoms. The van der Waals surface area contributed by atoms with Gasteiger partial charge in [0, 0.05) is 17.3 Å². The van der Waals surface area contributed by atoms with Crippen LogP contribution >= 0.6 is 11.6 Å². The minimum absolute atomic E-state index is 0.0663. The summed E-state index contributed by atoms with van der Waals surface area (Å²) in [4.78, 5) is 4.43. The zero-order valence-corrected chi connectivity index (χ0v) is 18.9. The van der Waals surface area contributed by atoms with Crippen LogP contribution in [0.4, 0.5) is 0 Å². The molecule has 1 saturated carbocycles. The van der Waals surface area contributed by atoms with Gasteiger partial charge >= 0.3 is 0 Å². The first kappa shape index (κ1) is 21.6. The summed E-state index contributed by atoms with van der Waals surface area (Å²) in [5, 5.41) is 16.3. The van der Waals surface area contributed by atoms with Crippen molar-refractivity contribution in [1.29, 1.82) is 0 Å². The van der Waals surface area contributed by atoms with Gasteiger partial charge in [0.2, 0.25) is 11.8 Å². The van der Waals surface area contributed by atoms with Crippen molar-refractivity contribution in [3.8, 4) is 23.3 Å². The Kier molecular flexibility index (Phi) is 6.16. The molecule has 0 saturated heterocycles. The van der Waals surface area contributed by atoms with Crippen molar-refractivity contribution < 1.29 is 24.1 Å². The van der Waals surface area contributed by atoms with E-state index in [9.17, 15) is 5.11 Å². The Morgan fingerprint density at radius 2 is 1.84 bits per heavy atom. The standard InChI is InChI=1S/C23H27ClN2O5/c1-5-31-19-9-13-14-8-12(27)6-7-17(14)25-22(15(13)10-18(19)28-2)21-16(24)11-20(29-3)26-23(21)30-4/h9-12,17,25,27H,5-8H2,1-4H3/t12-,17-/m1/s1. The third-order valence-corrected chi connectivity index (χ3v) is 6.07. The number of aromatic nitrogens is 1. The molecule has 2 atom stereocenters. The van der Waals surface area contributed by atoms with Gasteiger partial charge in [-0.05, 0) is 49.1 Å². The first-order valence-corrected chi connectivity index (χ1v) is 10.7. The third kappa shape index (κ3) is 3.88. The predicted octanol–water partition coefficient (Wildman–Crippen LogP) is 1.98. The molecule has 1 aromatic carbocycles. The summed E-state index contributed by atoms with van der Waals surface area (Å²) in [6, 6.07) is 5.67. The van der Waals surface area contributed by atoms with E-state index in [4.69, 9.17) is 30.5 Å². The number of hydrogen-bond donors (Lipinski definition) is 2. The van der Waals surface area contributed by atoms with E-state index in [1.807, 2.05) is 19.1 Å². The fourth-order valence-corrected chi connectivity index (χ4v) is 4.63. The van der Waals surface area contributed by atoms with Crippen molar-refractivity contribution in [2.45, 2.75) is 38.3 Å². The predicted molar refractivity (Wildman–Crippen MR) is 118 cm³/mol. The second kappa shape index (κ2) is 8.85. The first-order valence-electron chi connectivity index (χ1n) is 10.3. The Morgan fingerprint density at radius 1 is 1.06 bits per heavy atom. The van der Waals surface area contributed by atoms with Gasteiger partial charge in [-0.2, -0.15) is 4.98 Å². The van der Waals surface area contributed by atoms with E-state index >= 15 is 0 Å². The van der Waals surface area contributed by atoms with Crippen molar-refractivity contribution in [3.63, 3.8) is 0 Å². The summed E-state index contributed by atoms with van der Waals surface area (Å²) in [6.45, 7) is 2.46. The van der Waals surface area contributed by atoms with E-state index in [-0.39, 0.29) is 12.1 Å². The summed E-state index contributed by atoms with van der Waals surface area (Å²) in [5.41, 5.74) is 2.61. The fourth-order valence-electron chi connectivity index (χ4n) is 4.36. The number of ether oxygens (including phenoxy) is 4. The number of halogens is 1. The highest BCUT2D eigenvalue weighted by atomic mass is 35.5. The molecule has 8 heteroatoms. The molecule has 0 spiro atoms. The topological polar surface area (TPSA) is 82.1 Å². The number of pyridine rings is 1. The molecular formula is C23H27ClN2O5. The van der Waals surface area contributed by atoms with E-state index in [0.717, 1.165) is 34.5 Å². The van der Waals surface area contributed by atoms with Gasteiger partial charge in [-0.1, -0.05) is 11.6 Å². The van der Waals surface area contributed by atoms with E-state index in [1.54, 1.807) is 20.3 Å². The Bertz CT molecular complexity index is 1120. The molecule has 0 radical (unpaired) electrons. The molecule has 2 heterocycles. The van der Waals surface area contributed by atoms with Crippen molar-refractivity contribution in [2.24, 2.45) is 0 Å². The fraction of sp³-hybridized carbons (Fsp3) is 0.435.